The number of carboxylic acid groups (broad SMARTS) is 1. The summed E-state index contributed by atoms with van der Waals surface area (Å²) in [6, 6.07) is 5.17. The second kappa shape index (κ2) is 5.61. The van der Waals surface area contributed by atoms with Crippen LogP contribution in [0.5, 0.6) is 0 Å². The van der Waals surface area contributed by atoms with Crippen molar-refractivity contribution < 1.29 is 22.7 Å². The van der Waals surface area contributed by atoms with Crippen molar-refractivity contribution in [1.29, 1.82) is 0 Å². The van der Waals surface area contributed by atoms with Gasteiger partial charge in [-0.25, -0.2) is 17.6 Å². The zero-order valence-electron chi connectivity index (χ0n) is 11.1. The Morgan fingerprint density at radius 2 is 2.10 bits per heavy atom. The lowest BCUT2D eigenvalue weighted by Gasteiger charge is -2.08. The molecule has 5 nitrogen and oxygen atoms in total. The summed E-state index contributed by atoms with van der Waals surface area (Å²) < 4.78 is 38.3. The van der Waals surface area contributed by atoms with E-state index in [0.29, 0.717) is 5.56 Å². The number of aromatic nitrogens is 1. The topological polar surface area (TPSA) is 84.3 Å². The van der Waals surface area contributed by atoms with E-state index in [1.54, 1.807) is 12.1 Å². The number of halogens is 1. The maximum atomic E-state index is 13.7. The van der Waals surface area contributed by atoms with Crippen molar-refractivity contribution in [3.05, 3.63) is 59.2 Å². The Balaban J connectivity index is 2.48. The second-order valence-electron chi connectivity index (χ2n) is 4.53. The lowest BCUT2D eigenvalue weighted by molar-refractivity contribution is 0.0691. The smallest absolute Gasteiger partial charge is 0.338 e. The molecule has 0 saturated carbocycles. The first-order chi connectivity index (χ1) is 9.81. The Kier molecular flexibility index (Phi) is 4.04. The number of aryl methyl sites for hydroxylation is 1. The molecule has 21 heavy (non-hydrogen) atoms. The van der Waals surface area contributed by atoms with E-state index in [9.17, 15) is 17.6 Å². The van der Waals surface area contributed by atoms with Crippen molar-refractivity contribution in [3.63, 3.8) is 0 Å². The van der Waals surface area contributed by atoms with Crippen LogP contribution < -0.4 is 0 Å². The molecule has 0 aliphatic rings. The zero-order chi connectivity index (χ0) is 15.6. The minimum Gasteiger partial charge on any atom is -0.478 e. The largest absolute Gasteiger partial charge is 0.478 e. The summed E-state index contributed by atoms with van der Waals surface area (Å²) in [5, 5.41) is 8.93. The van der Waals surface area contributed by atoms with Crippen LogP contribution in [-0.4, -0.2) is 24.5 Å². The third kappa shape index (κ3) is 3.25. The molecule has 0 saturated heterocycles. The summed E-state index contributed by atoms with van der Waals surface area (Å²) in [7, 11) is -3.78. The van der Waals surface area contributed by atoms with E-state index < -0.39 is 27.2 Å². The van der Waals surface area contributed by atoms with Gasteiger partial charge in [0.15, 0.2) is 9.84 Å². The Hall–Kier alpha value is -2.28. The number of carboxylic acids is 1. The highest BCUT2D eigenvalue weighted by Gasteiger charge is 2.21. The average molecular weight is 309 g/mol. The number of benzene rings is 1. The van der Waals surface area contributed by atoms with Crippen molar-refractivity contribution in [1.82, 2.24) is 4.98 Å². The van der Waals surface area contributed by atoms with E-state index in [1.165, 1.54) is 19.3 Å². The van der Waals surface area contributed by atoms with Gasteiger partial charge in [-0.1, -0.05) is 6.07 Å². The van der Waals surface area contributed by atoms with Gasteiger partial charge in [0.1, 0.15) is 5.82 Å². The Morgan fingerprint density at radius 3 is 2.67 bits per heavy atom. The molecule has 0 amide bonds. The highest BCUT2D eigenvalue weighted by Crippen LogP contribution is 2.22. The second-order valence-corrected chi connectivity index (χ2v) is 6.52. The molecule has 7 heteroatoms. The molecule has 1 N–H and O–H groups in total. The van der Waals surface area contributed by atoms with Gasteiger partial charge in [0, 0.05) is 12.4 Å². The highest BCUT2D eigenvalue weighted by molar-refractivity contribution is 7.90. The number of nitrogens with zero attached hydrogens (tertiary/aromatic N) is 1. The summed E-state index contributed by atoms with van der Waals surface area (Å²) in [6.07, 6.45) is 2.92. The van der Waals surface area contributed by atoms with Gasteiger partial charge in [-0.15, -0.1) is 0 Å². The van der Waals surface area contributed by atoms with E-state index in [4.69, 9.17) is 5.11 Å². The van der Waals surface area contributed by atoms with Gasteiger partial charge in [0.05, 0.1) is 16.2 Å². The maximum absolute atomic E-state index is 13.7. The van der Waals surface area contributed by atoms with E-state index in [-0.39, 0.29) is 16.2 Å². The molecule has 0 unspecified atom stereocenters. The quantitative estimate of drug-likeness (QED) is 0.875. The average Bonchev–Trinajstić information content (AvgIpc) is 2.41. The summed E-state index contributed by atoms with van der Waals surface area (Å²) >= 11 is 0. The van der Waals surface area contributed by atoms with Gasteiger partial charge in [-0.05, 0) is 36.2 Å². The normalized spacial score (nSPS) is 11.3. The van der Waals surface area contributed by atoms with Gasteiger partial charge < -0.3 is 5.11 Å². The summed E-state index contributed by atoms with van der Waals surface area (Å²) in [5.74, 6) is -2.76. The van der Waals surface area contributed by atoms with Crippen LogP contribution in [0.3, 0.4) is 0 Å². The molecule has 2 aromatic rings. The first kappa shape index (κ1) is 15.1. The predicted molar refractivity (Wildman–Crippen MR) is 73.2 cm³/mol. The number of hydrogen-bond acceptors (Lipinski definition) is 4. The van der Waals surface area contributed by atoms with Crippen molar-refractivity contribution in [2.45, 2.75) is 17.6 Å². The molecule has 0 aliphatic heterocycles. The third-order valence-electron chi connectivity index (χ3n) is 2.90. The van der Waals surface area contributed by atoms with Crippen LogP contribution in [0.2, 0.25) is 0 Å². The van der Waals surface area contributed by atoms with Gasteiger partial charge in [0.2, 0.25) is 0 Å². The molecule has 1 aromatic heterocycles. The van der Waals surface area contributed by atoms with Crippen LogP contribution in [0.4, 0.5) is 4.39 Å². The monoisotopic (exact) mass is 309 g/mol. The maximum Gasteiger partial charge on any atom is 0.338 e. The lowest BCUT2D eigenvalue weighted by atomic mass is 10.1. The molecule has 2 rings (SSSR count). The molecule has 110 valence electrons. The number of hydrogen-bond donors (Lipinski definition) is 1. The van der Waals surface area contributed by atoms with Crippen LogP contribution in [0, 0.1) is 12.7 Å². The summed E-state index contributed by atoms with van der Waals surface area (Å²) in [4.78, 5) is 14.6. The molecule has 0 spiro atoms. The fourth-order valence-corrected chi connectivity index (χ4v) is 3.29. The third-order valence-corrected chi connectivity index (χ3v) is 4.56. The molecular weight excluding hydrogens is 297 g/mol. The number of sulfone groups is 1. The predicted octanol–water partition coefficient (Wildman–Crippen LogP) is 2.20. The van der Waals surface area contributed by atoms with Gasteiger partial charge in [-0.2, -0.15) is 0 Å². The SMILES string of the molecule is Cc1cc(S(=O)(=O)Cc2cccnc2)cc(C(=O)O)c1F. The first-order valence-corrected chi connectivity index (χ1v) is 7.61. The molecule has 0 radical (unpaired) electrons. The van der Waals surface area contributed by atoms with Crippen molar-refractivity contribution in [3.8, 4) is 0 Å². The van der Waals surface area contributed by atoms with Crippen molar-refractivity contribution in [2.24, 2.45) is 0 Å². The number of aromatic carboxylic acids is 1. The number of pyridine rings is 1. The first-order valence-electron chi connectivity index (χ1n) is 5.96. The minimum absolute atomic E-state index is 0.0281. The summed E-state index contributed by atoms with van der Waals surface area (Å²) in [5.41, 5.74) is -0.212. The fourth-order valence-electron chi connectivity index (χ4n) is 1.86. The van der Waals surface area contributed by atoms with E-state index in [2.05, 4.69) is 4.98 Å². The molecule has 0 bridgehead atoms. The van der Waals surface area contributed by atoms with Crippen molar-refractivity contribution >= 4 is 15.8 Å². The molecule has 1 aromatic carbocycles. The van der Waals surface area contributed by atoms with E-state index in [0.717, 1.165) is 12.1 Å². The fraction of sp³-hybridized carbons (Fsp3) is 0.143. The molecule has 1 heterocycles. The van der Waals surface area contributed by atoms with Gasteiger partial charge in [-0.3, -0.25) is 4.98 Å². The van der Waals surface area contributed by atoms with E-state index in [1.807, 2.05) is 0 Å². The van der Waals surface area contributed by atoms with Crippen molar-refractivity contribution in [2.75, 3.05) is 0 Å². The van der Waals surface area contributed by atoms with Crippen LogP contribution in [0.1, 0.15) is 21.5 Å². The Morgan fingerprint density at radius 1 is 1.38 bits per heavy atom. The molecular formula is C14H12FNO4S. The van der Waals surface area contributed by atoms with Gasteiger partial charge in [0.25, 0.3) is 0 Å². The number of rotatable bonds is 4. The molecule has 0 atom stereocenters. The highest BCUT2D eigenvalue weighted by atomic mass is 32.2. The van der Waals surface area contributed by atoms with Crippen LogP contribution in [0.25, 0.3) is 0 Å². The van der Waals surface area contributed by atoms with Gasteiger partial charge >= 0.3 is 5.97 Å². The van der Waals surface area contributed by atoms with Crippen LogP contribution >= 0.6 is 0 Å². The number of carbonyl (C=O) groups is 1. The van der Waals surface area contributed by atoms with E-state index >= 15 is 0 Å². The Labute approximate surface area is 121 Å². The lowest BCUT2D eigenvalue weighted by Crippen LogP contribution is -2.10. The summed E-state index contributed by atoms with van der Waals surface area (Å²) in [6.45, 7) is 1.32. The standard InChI is InChI=1S/C14H12FNO4S/c1-9-5-11(6-12(13(9)15)14(17)18)21(19,20)8-10-3-2-4-16-7-10/h2-7H,8H2,1H3,(H,17,18). The minimum atomic E-state index is -3.78. The van der Waals surface area contributed by atoms with Crippen LogP contribution in [0.15, 0.2) is 41.6 Å². The molecule has 0 fully saturated rings. The Bertz CT molecular complexity index is 788. The molecule has 0 aliphatic carbocycles. The van der Waals surface area contributed by atoms with Crippen LogP contribution in [-0.2, 0) is 15.6 Å². The zero-order valence-corrected chi connectivity index (χ0v) is 11.9.